The second kappa shape index (κ2) is 8.87. The summed E-state index contributed by atoms with van der Waals surface area (Å²) < 4.78 is 10.6. The van der Waals surface area contributed by atoms with Crippen LogP contribution in [0.2, 0.25) is 0 Å². The zero-order valence-electron chi connectivity index (χ0n) is 20.3. The number of anilines is 2. The van der Waals surface area contributed by atoms with Gasteiger partial charge in [-0.1, -0.05) is 27.7 Å². The van der Waals surface area contributed by atoms with Crippen LogP contribution < -0.4 is 10.2 Å². The van der Waals surface area contributed by atoms with Gasteiger partial charge in [0.1, 0.15) is 6.04 Å². The van der Waals surface area contributed by atoms with E-state index in [0.717, 1.165) is 4.90 Å². The van der Waals surface area contributed by atoms with Crippen molar-refractivity contribution in [1.82, 2.24) is 4.90 Å². The molecule has 1 unspecified atom stereocenters. The highest BCUT2D eigenvalue weighted by Gasteiger charge is 2.69. The van der Waals surface area contributed by atoms with Crippen molar-refractivity contribution in [1.29, 1.82) is 0 Å². The minimum atomic E-state index is -0.944. The maximum absolute atomic E-state index is 13.6. The largest absolute Gasteiger partial charge is 0.354 e. The van der Waals surface area contributed by atoms with Crippen molar-refractivity contribution < 1.29 is 28.7 Å². The molecule has 0 aromatic heterocycles. The molecule has 1 aromatic rings. The number of methoxy groups -OCH3 is 2. The molecule has 4 amide bonds. The van der Waals surface area contributed by atoms with E-state index in [1.54, 1.807) is 24.3 Å². The number of amides is 4. The van der Waals surface area contributed by atoms with Gasteiger partial charge in [0.15, 0.2) is 6.29 Å². The quantitative estimate of drug-likeness (QED) is 0.473. The number of carbonyl (C=O) groups excluding carboxylic acids is 4. The molecule has 3 rings (SSSR count). The lowest BCUT2D eigenvalue weighted by atomic mass is 10.0. The summed E-state index contributed by atoms with van der Waals surface area (Å²) in [5.41, 5.74) is 0.474. The van der Waals surface area contributed by atoms with E-state index in [2.05, 4.69) is 5.32 Å². The van der Waals surface area contributed by atoms with Gasteiger partial charge in [0.25, 0.3) is 5.91 Å². The first kappa shape index (κ1) is 24.9. The summed E-state index contributed by atoms with van der Waals surface area (Å²) in [6, 6.07) is 5.48. The summed E-state index contributed by atoms with van der Waals surface area (Å²) in [4.78, 5) is 53.7. The number of hydrogen-bond donors (Lipinski definition) is 1. The third-order valence-electron chi connectivity index (χ3n) is 7.37. The van der Waals surface area contributed by atoms with Crippen LogP contribution in [0.15, 0.2) is 24.3 Å². The topological polar surface area (TPSA) is 105 Å². The Morgan fingerprint density at radius 1 is 1.09 bits per heavy atom. The molecule has 1 N–H and O–H groups in total. The second-order valence-electron chi connectivity index (χ2n) is 9.78. The summed E-state index contributed by atoms with van der Waals surface area (Å²) in [6.45, 7) is 9.55. The van der Waals surface area contributed by atoms with E-state index in [0.29, 0.717) is 11.4 Å². The second-order valence-corrected chi connectivity index (χ2v) is 9.78. The van der Waals surface area contributed by atoms with Crippen molar-refractivity contribution in [3.8, 4) is 0 Å². The maximum atomic E-state index is 13.6. The first-order chi connectivity index (χ1) is 15.4. The molecule has 0 bridgehead atoms. The molecule has 2 aliphatic rings. The number of imide groups is 1. The molecule has 1 saturated heterocycles. The van der Waals surface area contributed by atoms with Gasteiger partial charge in [-0.25, -0.2) is 4.90 Å². The first-order valence-corrected chi connectivity index (χ1v) is 11.0. The molecule has 1 aromatic carbocycles. The number of nitrogens with zero attached hydrogens (tertiary/aromatic N) is 2. The van der Waals surface area contributed by atoms with E-state index in [9.17, 15) is 19.2 Å². The third kappa shape index (κ3) is 4.39. The minimum Gasteiger partial charge on any atom is -0.354 e. The molecular weight excluding hydrogens is 426 g/mol. The molecule has 1 saturated carbocycles. The van der Waals surface area contributed by atoms with Crippen LogP contribution >= 0.6 is 0 Å². The Labute approximate surface area is 194 Å². The van der Waals surface area contributed by atoms with Crippen molar-refractivity contribution >= 4 is 35.0 Å². The summed E-state index contributed by atoms with van der Waals surface area (Å²) in [5, 5.41) is 2.65. The monoisotopic (exact) mass is 459 g/mol. The predicted molar refractivity (Wildman–Crippen MR) is 122 cm³/mol. The van der Waals surface area contributed by atoms with Crippen LogP contribution in [0, 0.1) is 16.7 Å². The third-order valence-corrected chi connectivity index (χ3v) is 7.37. The summed E-state index contributed by atoms with van der Waals surface area (Å²) >= 11 is 0. The fourth-order valence-corrected chi connectivity index (χ4v) is 4.78. The molecule has 9 nitrogen and oxygen atoms in total. The van der Waals surface area contributed by atoms with Gasteiger partial charge in [-0.05, 0) is 35.1 Å². The standard InChI is InChI=1S/C24H33N3O6/c1-14(28)25-15-8-10-16(11-9-15)27-18(29)12-17(21(27)30)26(13-19(32-6)33-7)22(31)20-23(2,3)24(20,4)5/h8-11,17,19-20H,12-13H2,1-7H3,(H,25,28). The number of hydrogen-bond acceptors (Lipinski definition) is 6. The van der Waals surface area contributed by atoms with E-state index in [4.69, 9.17) is 9.47 Å². The van der Waals surface area contributed by atoms with Crippen LogP contribution in [0.4, 0.5) is 11.4 Å². The Hall–Kier alpha value is -2.78. The number of benzene rings is 1. The van der Waals surface area contributed by atoms with Crippen LogP contribution in [-0.4, -0.2) is 61.6 Å². The van der Waals surface area contributed by atoms with Crippen LogP contribution in [0.1, 0.15) is 41.0 Å². The number of nitrogens with one attached hydrogen (secondary N) is 1. The van der Waals surface area contributed by atoms with Gasteiger partial charge in [-0.15, -0.1) is 0 Å². The van der Waals surface area contributed by atoms with Crippen LogP contribution in [0.25, 0.3) is 0 Å². The normalized spacial score (nSPS) is 21.5. The lowest BCUT2D eigenvalue weighted by Crippen LogP contribution is -2.50. The van der Waals surface area contributed by atoms with Crippen molar-refractivity contribution in [2.45, 2.75) is 53.4 Å². The van der Waals surface area contributed by atoms with Gasteiger partial charge in [-0.2, -0.15) is 0 Å². The predicted octanol–water partition coefficient (Wildman–Crippen LogP) is 2.41. The zero-order valence-corrected chi connectivity index (χ0v) is 20.3. The van der Waals surface area contributed by atoms with Crippen LogP contribution in [-0.2, 0) is 28.7 Å². The highest BCUT2D eigenvalue weighted by atomic mass is 16.7. The lowest BCUT2D eigenvalue weighted by Gasteiger charge is -2.31. The maximum Gasteiger partial charge on any atom is 0.257 e. The average molecular weight is 460 g/mol. The number of ether oxygens (including phenoxy) is 2. The van der Waals surface area contributed by atoms with Crippen LogP contribution in [0.3, 0.4) is 0 Å². The molecule has 180 valence electrons. The minimum absolute atomic E-state index is 0.0352. The fraction of sp³-hybridized carbons (Fsp3) is 0.583. The highest BCUT2D eigenvalue weighted by Crippen LogP contribution is 2.69. The van der Waals surface area contributed by atoms with Crippen LogP contribution in [0.5, 0.6) is 0 Å². The molecule has 1 aliphatic heterocycles. The van der Waals surface area contributed by atoms with Gasteiger partial charge in [0.2, 0.25) is 17.7 Å². The van der Waals surface area contributed by atoms with Crippen molar-refractivity contribution in [3.05, 3.63) is 24.3 Å². The molecule has 1 atom stereocenters. The molecule has 1 aliphatic carbocycles. The molecule has 0 radical (unpaired) electrons. The van der Waals surface area contributed by atoms with E-state index in [1.165, 1.54) is 26.0 Å². The molecular formula is C24H33N3O6. The van der Waals surface area contributed by atoms with Crippen molar-refractivity contribution in [2.24, 2.45) is 16.7 Å². The van der Waals surface area contributed by atoms with Crippen molar-refractivity contribution in [3.63, 3.8) is 0 Å². The van der Waals surface area contributed by atoms with Gasteiger partial charge in [0.05, 0.1) is 18.7 Å². The van der Waals surface area contributed by atoms with Gasteiger partial charge >= 0.3 is 0 Å². The summed E-state index contributed by atoms with van der Waals surface area (Å²) in [7, 11) is 2.93. The molecule has 2 fully saturated rings. The number of rotatable bonds is 8. The van der Waals surface area contributed by atoms with Gasteiger partial charge in [-0.3, -0.25) is 19.2 Å². The molecule has 33 heavy (non-hydrogen) atoms. The Morgan fingerprint density at radius 3 is 2.09 bits per heavy atom. The average Bonchev–Trinajstić information content (AvgIpc) is 2.97. The van der Waals surface area contributed by atoms with E-state index in [-0.39, 0.29) is 41.5 Å². The SMILES string of the molecule is COC(CN(C(=O)C1C(C)(C)C1(C)C)C1CC(=O)N(c2ccc(NC(C)=O)cc2)C1=O)OC. The lowest BCUT2D eigenvalue weighted by molar-refractivity contribution is -0.154. The van der Waals surface area contributed by atoms with Gasteiger partial charge < -0.3 is 19.7 Å². The first-order valence-electron chi connectivity index (χ1n) is 11.0. The van der Waals surface area contributed by atoms with E-state index in [1.807, 2.05) is 27.7 Å². The van der Waals surface area contributed by atoms with E-state index < -0.39 is 24.1 Å². The van der Waals surface area contributed by atoms with E-state index >= 15 is 0 Å². The smallest absolute Gasteiger partial charge is 0.257 e. The Bertz CT molecular complexity index is 937. The van der Waals surface area contributed by atoms with Crippen molar-refractivity contribution in [2.75, 3.05) is 31.0 Å². The molecule has 9 heteroatoms. The molecule has 1 heterocycles. The molecule has 0 spiro atoms. The Balaban J connectivity index is 1.88. The zero-order chi connectivity index (χ0) is 24.7. The fourth-order valence-electron chi connectivity index (χ4n) is 4.78. The van der Waals surface area contributed by atoms with Gasteiger partial charge in [0, 0.05) is 32.7 Å². The summed E-state index contributed by atoms with van der Waals surface area (Å²) in [6.07, 6.45) is -0.848. The summed E-state index contributed by atoms with van der Waals surface area (Å²) in [5.74, 6) is -1.55. The highest BCUT2D eigenvalue weighted by molar-refractivity contribution is 6.23. The Morgan fingerprint density at radius 2 is 1.64 bits per heavy atom. The number of carbonyl (C=O) groups is 4. The Kier molecular flexibility index (Phi) is 6.68.